The maximum Gasteiger partial charge on any atom is 0.349 e. The van der Waals surface area contributed by atoms with E-state index < -0.39 is 20.1 Å². The molecular weight excluding hydrogens is 506 g/mol. The van der Waals surface area contributed by atoms with Crippen molar-refractivity contribution in [3.05, 3.63) is 46.6 Å². The Labute approximate surface area is 228 Å². The Balaban J connectivity index is 6.89. The fraction of sp³-hybridized carbons (Fsp3) is 0.724. The second-order valence-corrected chi connectivity index (χ2v) is 14.9. The van der Waals surface area contributed by atoms with Gasteiger partial charge in [0.2, 0.25) is 0 Å². The van der Waals surface area contributed by atoms with Gasteiger partial charge in [0, 0.05) is 0 Å². The van der Waals surface area contributed by atoms with Crippen molar-refractivity contribution in [2.24, 2.45) is 0 Å². The largest absolute Gasteiger partial charge is 0.349 e. The van der Waals surface area contributed by atoms with E-state index >= 15 is 0 Å². The van der Waals surface area contributed by atoms with E-state index in [4.69, 9.17) is 18.1 Å². The Bertz CT molecular complexity index is 785. The quantitative estimate of drug-likeness (QED) is 0.109. The summed E-state index contributed by atoms with van der Waals surface area (Å²) in [4.78, 5) is -1.51. The summed E-state index contributed by atoms with van der Waals surface area (Å²) in [5, 5.41) is 0. The summed E-state index contributed by atoms with van der Waals surface area (Å²) in [6, 6.07) is 0. The molecule has 0 aromatic carbocycles. The third kappa shape index (κ3) is 11.9. The molecule has 0 saturated carbocycles. The molecule has 8 heteroatoms. The Morgan fingerprint density at radius 2 is 0.865 bits per heavy atom. The summed E-state index contributed by atoms with van der Waals surface area (Å²) >= 11 is 0. The highest BCUT2D eigenvalue weighted by Gasteiger charge is 2.63. The Morgan fingerprint density at radius 1 is 0.568 bits per heavy atom. The van der Waals surface area contributed by atoms with Crippen LogP contribution in [0.3, 0.4) is 0 Å². The van der Waals surface area contributed by atoms with Gasteiger partial charge in [-0.25, -0.2) is 0 Å². The molecular formula is C29H54O6P2. The Hall–Kier alpha value is -0.740. The summed E-state index contributed by atoms with van der Waals surface area (Å²) in [7, 11) is -7.93. The highest BCUT2D eigenvalue weighted by molar-refractivity contribution is 7.74. The predicted octanol–water partition coefficient (Wildman–Crippen LogP) is 10.4. The van der Waals surface area contributed by atoms with E-state index in [0.29, 0.717) is 0 Å². The van der Waals surface area contributed by atoms with Gasteiger partial charge in [-0.2, -0.15) is 0 Å². The van der Waals surface area contributed by atoms with Crippen molar-refractivity contribution in [3.8, 4) is 0 Å². The molecule has 0 heterocycles. The third-order valence-electron chi connectivity index (χ3n) is 5.95. The molecule has 0 rings (SSSR count). The lowest BCUT2D eigenvalue weighted by molar-refractivity contribution is 0.177. The van der Waals surface area contributed by atoms with Crippen molar-refractivity contribution < 1.29 is 27.2 Å². The summed E-state index contributed by atoms with van der Waals surface area (Å²) in [5.41, 5.74) is 4.77. The molecule has 0 aliphatic heterocycles. The fourth-order valence-corrected chi connectivity index (χ4v) is 9.59. The molecule has 0 bridgehead atoms. The van der Waals surface area contributed by atoms with E-state index in [1.54, 1.807) is 27.7 Å². The van der Waals surface area contributed by atoms with E-state index in [-0.39, 0.29) is 39.3 Å². The van der Waals surface area contributed by atoms with Crippen LogP contribution in [-0.2, 0) is 27.2 Å². The van der Waals surface area contributed by atoms with Crippen LogP contribution in [0.4, 0.5) is 0 Å². The van der Waals surface area contributed by atoms with E-state index in [1.165, 1.54) is 11.1 Å². The van der Waals surface area contributed by atoms with Gasteiger partial charge in [0.1, 0.15) is 0 Å². The normalized spacial score (nSPS) is 13.6. The number of allylic oxidation sites excluding steroid dienone is 8. The van der Waals surface area contributed by atoms with Crippen LogP contribution in [-0.4, -0.2) is 31.3 Å². The second-order valence-electron chi connectivity index (χ2n) is 9.80. The maximum atomic E-state index is 14.6. The zero-order chi connectivity index (χ0) is 28.5. The molecule has 0 aliphatic rings. The number of hydrogen-bond donors (Lipinski definition) is 0. The maximum absolute atomic E-state index is 14.6. The highest BCUT2D eigenvalue weighted by Crippen LogP contribution is 2.80. The second kappa shape index (κ2) is 18.5. The van der Waals surface area contributed by atoms with Crippen molar-refractivity contribution in [1.82, 2.24) is 0 Å². The van der Waals surface area contributed by atoms with Crippen LogP contribution in [0.25, 0.3) is 0 Å². The highest BCUT2D eigenvalue weighted by atomic mass is 31.2. The van der Waals surface area contributed by atoms with Crippen molar-refractivity contribution in [2.75, 3.05) is 26.4 Å². The van der Waals surface area contributed by atoms with Gasteiger partial charge in [0.05, 0.1) is 26.4 Å². The van der Waals surface area contributed by atoms with Crippen molar-refractivity contribution >= 4 is 15.2 Å². The van der Waals surface area contributed by atoms with Crippen LogP contribution in [0.2, 0.25) is 0 Å². The molecule has 216 valence electrons. The van der Waals surface area contributed by atoms with Crippen LogP contribution in [0.1, 0.15) is 108 Å². The first kappa shape index (κ1) is 36.3. The molecule has 0 fully saturated rings. The standard InChI is InChI=1S/C29H54O6P2/c1-11-32-36(30,33-12-2)29(37(31,34-13-3)35-14-4,23-21-27(9)19-15-17-25(5)6)24-22-28(10)20-16-18-26(7)8/h17-18,21-22H,11-16,19-20,23-24H2,1-10H3/b27-21+,28-22+. The monoisotopic (exact) mass is 560 g/mol. The van der Waals surface area contributed by atoms with Gasteiger partial charge in [-0.1, -0.05) is 46.6 Å². The number of hydrogen-bond acceptors (Lipinski definition) is 6. The minimum atomic E-state index is -3.96. The molecule has 0 spiro atoms. The van der Waals surface area contributed by atoms with Gasteiger partial charge in [0.25, 0.3) is 0 Å². The van der Waals surface area contributed by atoms with E-state index in [2.05, 4.69) is 39.8 Å². The fourth-order valence-electron chi connectivity index (χ4n) is 3.97. The molecule has 6 nitrogen and oxygen atoms in total. The zero-order valence-corrected chi connectivity index (χ0v) is 27.0. The summed E-state index contributed by atoms with van der Waals surface area (Å²) in [6.07, 6.45) is 12.3. The lowest BCUT2D eigenvalue weighted by Gasteiger charge is -2.41. The van der Waals surface area contributed by atoms with Gasteiger partial charge in [-0.15, -0.1) is 0 Å². The van der Waals surface area contributed by atoms with Crippen molar-refractivity contribution in [1.29, 1.82) is 0 Å². The predicted molar refractivity (Wildman–Crippen MR) is 159 cm³/mol. The summed E-state index contributed by atoms with van der Waals surface area (Å²) < 4.78 is 52.8. The molecule has 0 saturated heterocycles. The van der Waals surface area contributed by atoms with E-state index in [1.807, 2.05) is 26.0 Å². The average Bonchev–Trinajstić information content (AvgIpc) is 2.79. The minimum absolute atomic E-state index is 0.157. The molecule has 37 heavy (non-hydrogen) atoms. The van der Waals surface area contributed by atoms with Gasteiger partial charge in [-0.05, 0) is 108 Å². The van der Waals surface area contributed by atoms with Gasteiger partial charge >= 0.3 is 15.2 Å². The van der Waals surface area contributed by atoms with Crippen LogP contribution in [0.5, 0.6) is 0 Å². The average molecular weight is 561 g/mol. The topological polar surface area (TPSA) is 71.1 Å². The molecule has 0 radical (unpaired) electrons. The van der Waals surface area contributed by atoms with Crippen LogP contribution in [0, 0.1) is 0 Å². The van der Waals surface area contributed by atoms with Crippen molar-refractivity contribution in [2.45, 2.75) is 113 Å². The Kier molecular flexibility index (Phi) is 18.2. The first-order valence-corrected chi connectivity index (χ1v) is 16.8. The van der Waals surface area contributed by atoms with Crippen LogP contribution >= 0.6 is 15.2 Å². The lowest BCUT2D eigenvalue weighted by atomic mass is 10.1. The number of rotatable bonds is 20. The Morgan fingerprint density at radius 3 is 1.11 bits per heavy atom. The SMILES string of the molecule is CCOP(=O)(OCC)C(C/C=C(\C)CCC=C(C)C)(C/C=C(\C)CCC=C(C)C)P(=O)(OCC)OCC. The van der Waals surface area contributed by atoms with Gasteiger partial charge in [-0.3, -0.25) is 9.13 Å². The molecule has 0 atom stereocenters. The van der Waals surface area contributed by atoms with E-state index in [9.17, 15) is 9.13 Å². The minimum Gasteiger partial charge on any atom is -0.308 e. The molecule has 0 aromatic heterocycles. The third-order valence-corrected chi connectivity index (χ3v) is 12.6. The zero-order valence-electron chi connectivity index (χ0n) is 25.2. The molecule has 0 unspecified atom stereocenters. The molecule has 0 aliphatic carbocycles. The molecule has 0 amide bonds. The molecule has 0 aromatic rings. The van der Waals surface area contributed by atoms with E-state index in [0.717, 1.165) is 36.8 Å². The van der Waals surface area contributed by atoms with Crippen LogP contribution in [0.15, 0.2) is 46.6 Å². The summed E-state index contributed by atoms with van der Waals surface area (Å²) in [6.45, 7) is 20.1. The van der Waals surface area contributed by atoms with Gasteiger partial charge < -0.3 is 18.1 Å². The molecule has 0 N–H and O–H groups in total. The van der Waals surface area contributed by atoms with Crippen molar-refractivity contribution in [3.63, 3.8) is 0 Å². The lowest BCUT2D eigenvalue weighted by Crippen LogP contribution is -2.33. The van der Waals surface area contributed by atoms with Gasteiger partial charge in [0.15, 0.2) is 4.90 Å². The first-order chi connectivity index (χ1) is 17.4. The first-order valence-electron chi connectivity index (χ1n) is 13.7. The van der Waals surface area contributed by atoms with Crippen LogP contribution < -0.4 is 0 Å². The summed E-state index contributed by atoms with van der Waals surface area (Å²) in [5.74, 6) is 0. The smallest absolute Gasteiger partial charge is 0.308 e.